The van der Waals surface area contributed by atoms with Gasteiger partial charge >= 0.3 is 0 Å². The van der Waals surface area contributed by atoms with E-state index in [0.717, 1.165) is 73.1 Å². The Labute approximate surface area is 381 Å². The Morgan fingerprint density at radius 1 is 0.810 bits per heavy atom. The summed E-state index contributed by atoms with van der Waals surface area (Å²) >= 11 is 0. The summed E-state index contributed by atoms with van der Waals surface area (Å²) in [6.07, 6.45) is 1.70. The first-order valence-electron chi connectivity index (χ1n) is 20.9. The normalized spacial score (nSPS) is 11.6. The molecule has 7 nitrogen and oxygen atoms in total. The molecule has 63 heavy (non-hydrogen) atoms. The third kappa shape index (κ3) is 8.73. The maximum atomic E-state index is 13.9. The number of aryl methyl sites for hydroxylation is 2. The smallest absolute Gasteiger partial charge is 0.292 e. The molecule has 0 aliphatic carbocycles. The molecule has 321 valence electrons. The van der Waals surface area contributed by atoms with E-state index < -0.39 is 11.8 Å². The number of aromatic carboxylic acids is 1. The standard InChI is InChI=1S/C38H34N3O.C16H15FNO2.Ir/c1-22(2)27-13-9-14-28(23(3)4)35(27)41-37(40-33-20-17-25(6)39-38(33)41)32-16-10-15-31-30-19-18-26(21-34(30)42-36(31)32)29-12-8-7-11-24(29)5;1-16(2,3)11-5-7-14(18-9-11)12-6-4-10(15(19)20)8-13(12)17;/h7-15,17-23H,1-6H3;4-5,7-9H,1-3H3,(H,19,20);/q2*-1;. The number of rotatable bonds is 7. The number of hydrogen-bond acceptors (Lipinski definition) is 5. The molecular formula is C54H49FIrN4O3-2. The van der Waals surface area contributed by atoms with Gasteiger partial charge in [0.1, 0.15) is 5.58 Å². The van der Waals surface area contributed by atoms with Crippen LogP contribution in [0.4, 0.5) is 4.39 Å². The van der Waals surface area contributed by atoms with Gasteiger partial charge in [-0.25, -0.2) is 4.98 Å². The Kier molecular flexibility index (Phi) is 12.7. The first kappa shape index (κ1) is 44.8. The van der Waals surface area contributed by atoms with Gasteiger partial charge in [0.05, 0.1) is 16.9 Å². The van der Waals surface area contributed by atoms with Crippen LogP contribution in [-0.2, 0) is 25.5 Å². The second kappa shape index (κ2) is 17.8. The number of carboxylic acids is 1. The Balaban J connectivity index is 0.000000239. The zero-order valence-corrected chi connectivity index (χ0v) is 39.3. The second-order valence-electron chi connectivity index (χ2n) is 17.5. The number of pyridine rings is 2. The van der Waals surface area contributed by atoms with Crippen molar-refractivity contribution in [3.05, 3.63) is 167 Å². The van der Waals surface area contributed by atoms with E-state index in [4.69, 9.17) is 19.5 Å². The molecule has 1 radical (unpaired) electrons. The predicted molar refractivity (Wildman–Crippen MR) is 248 cm³/mol. The number of nitrogens with zero attached hydrogens (tertiary/aromatic N) is 4. The molecule has 0 aliphatic rings. The van der Waals surface area contributed by atoms with Gasteiger partial charge < -0.3 is 19.1 Å². The number of para-hydroxylation sites is 1. The van der Waals surface area contributed by atoms with Gasteiger partial charge in [-0.2, -0.15) is 0 Å². The topological polar surface area (TPSA) is 94.0 Å². The first-order valence-corrected chi connectivity index (χ1v) is 20.9. The van der Waals surface area contributed by atoms with Gasteiger partial charge in [-0.15, -0.1) is 30.3 Å². The van der Waals surface area contributed by atoms with E-state index in [1.54, 1.807) is 12.3 Å². The molecule has 9 rings (SSSR count). The van der Waals surface area contributed by atoms with Crippen LogP contribution >= 0.6 is 0 Å². The summed E-state index contributed by atoms with van der Waals surface area (Å²) in [7, 11) is 0. The third-order valence-electron chi connectivity index (χ3n) is 11.3. The van der Waals surface area contributed by atoms with E-state index in [1.807, 2.05) is 25.1 Å². The summed E-state index contributed by atoms with van der Waals surface area (Å²) in [4.78, 5) is 25.2. The fraction of sp³-hybridized carbons (Fsp3) is 0.222. The molecular weight excluding hydrogens is 964 g/mol. The van der Waals surface area contributed by atoms with Crippen LogP contribution < -0.4 is 0 Å². The van der Waals surface area contributed by atoms with Gasteiger partial charge in [-0.1, -0.05) is 138 Å². The minimum Gasteiger partial charge on any atom is -0.501 e. The van der Waals surface area contributed by atoms with Gasteiger partial charge in [0.15, 0.2) is 5.65 Å². The zero-order chi connectivity index (χ0) is 44.0. The van der Waals surface area contributed by atoms with E-state index in [1.165, 1.54) is 28.3 Å². The van der Waals surface area contributed by atoms with Gasteiger partial charge in [0.25, 0.3) is 5.97 Å². The van der Waals surface area contributed by atoms with Crippen molar-refractivity contribution in [2.75, 3.05) is 0 Å². The number of carboxylic acid groups (broad SMARTS) is 1. The Hall–Kier alpha value is -6.28. The Morgan fingerprint density at radius 3 is 2.17 bits per heavy atom. The summed E-state index contributed by atoms with van der Waals surface area (Å²) in [6.45, 7) is 19.4. The van der Waals surface area contributed by atoms with Crippen LogP contribution in [0.25, 0.3) is 72.6 Å². The van der Waals surface area contributed by atoms with Gasteiger partial charge in [-0.3, -0.25) is 14.2 Å². The number of benzene rings is 5. The number of halogens is 1. The van der Waals surface area contributed by atoms with Crippen molar-refractivity contribution in [2.24, 2.45) is 0 Å². The Morgan fingerprint density at radius 2 is 1.54 bits per heavy atom. The van der Waals surface area contributed by atoms with E-state index in [-0.39, 0.29) is 36.6 Å². The minimum absolute atomic E-state index is 0. The summed E-state index contributed by atoms with van der Waals surface area (Å²) in [5.41, 5.74) is 13.9. The van der Waals surface area contributed by atoms with Gasteiger partial charge in [0, 0.05) is 48.9 Å². The molecule has 0 aliphatic heterocycles. The number of imidazole rings is 1. The van der Waals surface area contributed by atoms with Crippen LogP contribution in [-0.4, -0.2) is 30.6 Å². The molecule has 4 aromatic heterocycles. The van der Waals surface area contributed by atoms with E-state index in [2.05, 4.69) is 150 Å². The molecule has 5 aromatic carbocycles. The van der Waals surface area contributed by atoms with Crippen molar-refractivity contribution >= 4 is 39.1 Å². The van der Waals surface area contributed by atoms with Crippen molar-refractivity contribution in [1.82, 2.24) is 19.5 Å². The SMILES string of the molecule is CC(C)(C)c1ccc(-c2[c-]cc(C(=O)O)cc2F)nc1.Cc1ccc2nc(-c3[c-]ccc4c3oc3cc(-c5ccccc5C)ccc34)n(-c3c(C(C)C)cccc3C(C)C)c2n1.[Ir]. The van der Waals surface area contributed by atoms with Crippen molar-refractivity contribution in [3.63, 3.8) is 0 Å². The summed E-state index contributed by atoms with van der Waals surface area (Å²) < 4.78 is 22.9. The molecule has 9 heteroatoms. The molecule has 0 amide bonds. The van der Waals surface area contributed by atoms with Crippen LogP contribution in [0.2, 0.25) is 0 Å². The van der Waals surface area contributed by atoms with E-state index in [9.17, 15) is 9.18 Å². The van der Waals surface area contributed by atoms with Gasteiger partial charge in [0.2, 0.25) is 0 Å². The summed E-state index contributed by atoms with van der Waals surface area (Å²) in [6, 6.07) is 41.8. The van der Waals surface area contributed by atoms with Crippen molar-refractivity contribution in [3.8, 4) is 39.5 Å². The number of furan rings is 1. The fourth-order valence-corrected chi connectivity index (χ4v) is 7.95. The average molecular weight is 1010 g/mol. The van der Waals surface area contributed by atoms with Crippen molar-refractivity contribution in [1.29, 1.82) is 0 Å². The van der Waals surface area contributed by atoms with Crippen LogP contribution in [0.1, 0.15) is 98.6 Å². The molecule has 0 saturated heterocycles. The Bertz CT molecular complexity index is 3110. The molecule has 0 saturated carbocycles. The molecule has 0 atom stereocenters. The second-order valence-corrected chi connectivity index (χ2v) is 17.5. The van der Waals surface area contributed by atoms with Crippen LogP contribution in [0.3, 0.4) is 0 Å². The zero-order valence-electron chi connectivity index (χ0n) is 36.9. The largest absolute Gasteiger partial charge is 0.501 e. The van der Waals surface area contributed by atoms with Crippen molar-refractivity contribution < 1.29 is 38.8 Å². The molecule has 4 heterocycles. The first-order chi connectivity index (χ1) is 29.6. The maximum Gasteiger partial charge on any atom is 0.292 e. The minimum atomic E-state index is -1.18. The van der Waals surface area contributed by atoms with Crippen LogP contribution in [0.5, 0.6) is 0 Å². The average Bonchev–Trinajstić information content (AvgIpc) is 3.81. The molecule has 1 N–H and O–H groups in total. The quantitative estimate of drug-likeness (QED) is 0.160. The molecule has 0 bridgehead atoms. The third-order valence-corrected chi connectivity index (χ3v) is 11.3. The van der Waals surface area contributed by atoms with Crippen molar-refractivity contribution in [2.45, 2.75) is 79.6 Å². The molecule has 0 spiro atoms. The summed E-state index contributed by atoms with van der Waals surface area (Å²) in [5.74, 6) is -0.384. The van der Waals surface area contributed by atoms with E-state index >= 15 is 0 Å². The molecule has 0 fully saturated rings. The molecule has 0 unspecified atom stereocenters. The maximum absolute atomic E-state index is 13.9. The number of aromatic nitrogens is 4. The number of carbonyl (C=O) groups is 1. The predicted octanol–water partition coefficient (Wildman–Crippen LogP) is 14.0. The number of fused-ring (bicyclic) bond motifs is 4. The monoisotopic (exact) mass is 1010 g/mol. The number of hydrogen-bond donors (Lipinski definition) is 1. The molecule has 9 aromatic rings. The van der Waals surface area contributed by atoms with Gasteiger partial charge in [-0.05, 0) is 93.9 Å². The van der Waals surface area contributed by atoms with Crippen LogP contribution in [0, 0.1) is 31.8 Å². The van der Waals surface area contributed by atoms with E-state index in [0.29, 0.717) is 17.5 Å². The fourth-order valence-electron chi connectivity index (χ4n) is 7.95. The van der Waals surface area contributed by atoms with Crippen LogP contribution in [0.15, 0.2) is 120 Å². The summed E-state index contributed by atoms with van der Waals surface area (Å²) in [5, 5.41) is 10.9.